The van der Waals surface area contributed by atoms with Crippen molar-refractivity contribution >= 4 is 17.6 Å². The van der Waals surface area contributed by atoms with E-state index >= 15 is 0 Å². The fourth-order valence-corrected chi connectivity index (χ4v) is 3.20. The Labute approximate surface area is 135 Å². The van der Waals surface area contributed by atoms with E-state index in [1.807, 2.05) is 31.2 Å². The molecule has 0 atom stereocenters. The number of rotatable bonds is 3. The van der Waals surface area contributed by atoms with Gasteiger partial charge in [0.2, 0.25) is 0 Å². The van der Waals surface area contributed by atoms with E-state index in [2.05, 4.69) is 4.98 Å². The summed E-state index contributed by atoms with van der Waals surface area (Å²) < 4.78 is 4.85. The Bertz CT molecular complexity index is 777. The lowest BCUT2D eigenvalue weighted by molar-refractivity contribution is 0.0599. The second kappa shape index (κ2) is 5.91. The lowest BCUT2D eigenvalue weighted by Crippen LogP contribution is -2.29. The average molecular weight is 312 g/mol. The molecule has 0 unspecified atom stereocenters. The molecule has 0 spiro atoms. The number of carbonyl (C=O) groups is 2. The van der Waals surface area contributed by atoms with Crippen molar-refractivity contribution < 1.29 is 14.3 Å². The quantitative estimate of drug-likeness (QED) is 0.886. The Kier molecular flexibility index (Phi) is 3.94. The van der Waals surface area contributed by atoms with E-state index in [9.17, 15) is 9.59 Å². The zero-order chi connectivity index (χ0) is 16.6. The van der Waals surface area contributed by atoms with E-state index in [1.165, 1.54) is 12.7 Å². The van der Waals surface area contributed by atoms with Gasteiger partial charge in [0.15, 0.2) is 0 Å². The predicted molar refractivity (Wildman–Crippen MR) is 88.1 cm³/mol. The molecule has 1 aromatic heterocycles. The zero-order valence-electron chi connectivity index (χ0n) is 13.6. The fourth-order valence-electron chi connectivity index (χ4n) is 3.20. The Morgan fingerprint density at radius 1 is 1.30 bits per heavy atom. The predicted octanol–water partition coefficient (Wildman–Crippen LogP) is 2.88. The molecule has 5 heteroatoms. The summed E-state index contributed by atoms with van der Waals surface area (Å²) in [6, 6.07) is 7.92. The third kappa shape index (κ3) is 2.42. The molecule has 0 saturated heterocycles. The second-order valence-corrected chi connectivity index (χ2v) is 5.66. The minimum absolute atomic E-state index is 0.0997. The Morgan fingerprint density at radius 2 is 2.04 bits per heavy atom. The number of fused-ring (bicyclic) bond motifs is 1. The van der Waals surface area contributed by atoms with Gasteiger partial charge in [-0.3, -0.25) is 4.79 Å². The first kappa shape index (κ1) is 15.3. The van der Waals surface area contributed by atoms with Crippen molar-refractivity contribution in [3.8, 4) is 0 Å². The van der Waals surface area contributed by atoms with Crippen LogP contribution in [-0.2, 0) is 17.6 Å². The van der Waals surface area contributed by atoms with Crippen molar-refractivity contribution in [3.63, 3.8) is 0 Å². The SMILES string of the molecule is CCc1[nH]c(C(=O)N2CCc3ccccc32)c(C)c1C(=O)OC. The standard InChI is InChI=1S/C18H20N2O3/c1-4-13-15(18(22)23-3)11(2)16(19-13)17(21)20-10-9-12-7-5-6-8-14(12)20/h5-8,19H,4,9-10H2,1-3H3. The normalized spacial score (nSPS) is 13.1. The molecule has 5 nitrogen and oxygen atoms in total. The van der Waals surface area contributed by atoms with Crippen molar-refractivity contribution in [3.05, 3.63) is 52.3 Å². The number of esters is 1. The summed E-state index contributed by atoms with van der Waals surface area (Å²) in [5.74, 6) is -0.506. The molecule has 2 heterocycles. The number of aromatic nitrogens is 1. The van der Waals surface area contributed by atoms with Gasteiger partial charge in [-0.05, 0) is 37.0 Å². The number of nitrogens with zero attached hydrogens (tertiary/aromatic N) is 1. The van der Waals surface area contributed by atoms with Crippen molar-refractivity contribution in [1.29, 1.82) is 0 Å². The molecule has 1 N–H and O–H groups in total. The monoisotopic (exact) mass is 312 g/mol. The van der Waals surface area contributed by atoms with Gasteiger partial charge in [-0.15, -0.1) is 0 Å². The molecule has 1 aliphatic rings. The van der Waals surface area contributed by atoms with Crippen LogP contribution in [0, 0.1) is 6.92 Å². The Hall–Kier alpha value is -2.56. The van der Waals surface area contributed by atoms with Crippen molar-refractivity contribution in [2.45, 2.75) is 26.7 Å². The highest BCUT2D eigenvalue weighted by atomic mass is 16.5. The van der Waals surface area contributed by atoms with Gasteiger partial charge < -0.3 is 14.6 Å². The summed E-state index contributed by atoms with van der Waals surface area (Å²) in [7, 11) is 1.35. The van der Waals surface area contributed by atoms with Gasteiger partial charge in [-0.1, -0.05) is 25.1 Å². The summed E-state index contributed by atoms with van der Waals surface area (Å²) >= 11 is 0. The number of hydrogen-bond acceptors (Lipinski definition) is 3. The average Bonchev–Trinajstić information content (AvgIpc) is 3.14. The first-order chi connectivity index (χ1) is 11.1. The second-order valence-electron chi connectivity index (χ2n) is 5.66. The highest BCUT2D eigenvalue weighted by Gasteiger charge is 2.30. The lowest BCUT2D eigenvalue weighted by Gasteiger charge is -2.17. The van der Waals surface area contributed by atoms with Crippen molar-refractivity contribution in [2.24, 2.45) is 0 Å². The third-order valence-electron chi connectivity index (χ3n) is 4.42. The van der Waals surface area contributed by atoms with Crippen LogP contribution in [0.15, 0.2) is 24.3 Å². The molecule has 0 bridgehead atoms. The summed E-state index contributed by atoms with van der Waals surface area (Å²) in [6.07, 6.45) is 1.49. The molecule has 0 fully saturated rings. The van der Waals surface area contributed by atoms with E-state index < -0.39 is 5.97 Å². The first-order valence-electron chi connectivity index (χ1n) is 7.78. The number of H-pyrrole nitrogens is 1. The van der Waals surface area contributed by atoms with Gasteiger partial charge in [-0.2, -0.15) is 0 Å². The van der Waals surface area contributed by atoms with Gasteiger partial charge >= 0.3 is 5.97 Å². The number of amides is 1. The van der Waals surface area contributed by atoms with Crippen molar-refractivity contribution in [2.75, 3.05) is 18.6 Å². The van der Waals surface area contributed by atoms with Gasteiger partial charge in [-0.25, -0.2) is 4.79 Å². The molecule has 1 aromatic carbocycles. The minimum Gasteiger partial charge on any atom is -0.465 e. The van der Waals surface area contributed by atoms with E-state index in [0.717, 1.165) is 17.8 Å². The molecular formula is C18H20N2O3. The van der Waals surface area contributed by atoms with Crippen LogP contribution in [0.1, 0.15) is 44.6 Å². The largest absolute Gasteiger partial charge is 0.465 e. The van der Waals surface area contributed by atoms with Crippen LogP contribution in [0.5, 0.6) is 0 Å². The van der Waals surface area contributed by atoms with Crippen molar-refractivity contribution in [1.82, 2.24) is 4.98 Å². The minimum atomic E-state index is -0.406. The van der Waals surface area contributed by atoms with Gasteiger partial charge in [0.25, 0.3) is 5.91 Å². The topological polar surface area (TPSA) is 62.4 Å². The van der Waals surface area contributed by atoms with Crippen LogP contribution >= 0.6 is 0 Å². The van der Waals surface area contributed by atoms with E-state index in [-0.39, 0.29) is 5.91 Å². The first-order valence-corrected chi connectivity index (χ1v) is 7.78. The number of benzene rings is 1. The van der Waals surface area contributed by atoms with Crippen LogP contribution < -0.4 is 4.90 Å². The summed E-state index contributed by atoms with van der Waals surface area (Å²) in [6.45, 7) is 4.39. The molecule has 0 saturated carbocycles. The smallest absolute Gasteiger partial charge is 0.339 e. The van der Waals surface area contributed by atoms with Crippen LogP contribution in [-0.4, -0.2) is 30.5 Å². The number of hydrogen-bond donors (Lipinski definition) is 1. The van der Waals surface area contributed by atoms with Gasteiger partial charge in [0.05, 0.1) is 12.7 Å². The highest BCUT2D eigenvalue weighted by Crippen LogP contribution is 2.30. The van der Waals surface area contributed by atoms with E-state index in [4.69, 9.17) is 4.74 Å². The number of nitrogens with one attached hydrogen (secondary N) is 1. The van der Waals surface area contributed by atoms with Crippen LogP contribution in [0.2, 0.25) is 0 Å². The van der Waals surface area contributed by atoms with Crippen LogP contribution in [0.3, 0.4) is 0 Å². The number of aryl methyl sites for hydroxylation is 1. The Balaban J connectivity index is 2.01. The molecular weight excluding hydrogens is 292 g/mol. The van der Waals surface area contributed by atoms with E-state index in [1.54, 1.807) is 11.8 Å². The van der Waals surface area contributed by atoms with Gasteiger partial charge in [0.1, 0.15) is 5.69 Å². The number of anilines is 1. The zero-order valence-corrected chi connectivity index (χ0v) is 13.6. The van der Waals surface area contributed by atoms with Gasteiger partial charge in [0, 0.05) is 17.9 Å². The number of methoxy groups -OCH3 is 1. The molecule has 120 valence electrons. The molecule has 0 aliphatic carbocycles. The highest BCUT2D eigenvalue weighted by molar-refractivity contribution is 6.09. The molecule has 3 rings (SSSR count). The lowest BCUT2D eigenvalue weighted by atomic mass is 10.1. The number of aromatic amines is 1. The molecule has 1 aliphatic heterocycles. The maximum absolute atomic E-state index is 13.0. The number of ether oxygens (including phenoxy) is 1. The molecule has 2 aromatic rings. The molecule has 0 radical (unpaired) electrons. The molecule has 23 heavy (non-hydrogen) atoms. The fraction of sp³-hybridized carbons (Fsp3) is 0.333. The van der Waals surface area contributed by atoms with Crippen LogP contribution in [0.4, 0.5) is 5.69 Å². The van der Waals surface area contributed by atoms with E-state index in [0.29, 0.717) is 29.8 Å². The third-order valence-corrected chi connectivity index (χ3v) is 4.42. The maximum Gasteiger partial charge on any atom is 0.339 e. The number of para-hydroxylation sites is 1. The summed E-state index contributed by atoms with van der Waals surface area (Å²) in [5, 5.41) is 0. The molecule has 1 amide bonds. The van der Waals surface area contributed by atoms with Crippen LogP contribution in [0.25, 0.3) is 0 Å². The Morgan fingerprint density at radius 3 is 2.74 bits per heavy atom. The summed E-state index contributed by atoms with van der Waals surface area (Å²) in [4.78, 5) is 29.9. The number of carbonyl (C=O) groups excluding carboxylic acids is 2. The maximum atomic E-state index is 13.0. The summed E-state index contributed by atoms with van der Waals surface area (Å²) in [5.41, 5.74) is 4.47.